The lowest BCUT2D eigenvalue weighted by Crippen LogP contribution is -2.15. The highest BCUT2D eigenvalue weighted by atomic mass is 15.0. The molecule has 0 atom stereocenters. The maximum Gasteiger partial charge on any atom is 0.132 e. The van der Waals surface area contributed by atoms with Crippen molar-refractivity contribution in [2.24, 2.45) is 5.41 Å². The second kappa shape index (κ2) is 4.81. The van der Waals surface area contributed by atoms with E-state index in [1.165, 1.54) is 5.56 Å². The monoisotopic (exact) mass is 221 g/mol. The average molecular weight is 221 g/mol. The molecule has 0 aliphatic heterocycles. The number of aryl methyl sites for hydroxylation is 1. The highest BCUT2D eigenvalue weighted by molar-refractivity contribution is 5.45. The van der Waals surface area contributed by atoms with Gasteiger partial charge in [-0.05, 0) is 18.8 Å². The normalized spacial score (nSPS) is 11.6. The minimum absolute atomic E-state index is 0.227. The molecule has 0 amide bonds. The number of nitrogens with one attached hydrogen (secondary N) is 1. The largest absolute Gasteiger partial charge is 0.373 e. The zero-order valence-electron chi connectivity index (χ0n) is 11.3. The predicted molar refractivity (Wildman–Crippen MR) is 68.9 cm³/mol. The summed E-state index contributed by atoms with van der Waals surface area (Å²) in [6.07, 6.45) is 1.87. The van der Waals surface area contributed by atoms with Gasteiger partial charge in [-0.15, -0.1) is 0 Å². The van der Waals surface area contributed by atoms with E-state index < -0.39 is 0 Å². The summed E-state index contributed by atoms with van der Waals surface area (Å²) < 4.78 is 0. The van der Waals surface area contributed by atoms with E-state index in [4.69, 9.17) is 0 Å². The summed E-state index contributed by atoms with van der Waals surface area (Å²) in [7, 11) is 1.91. The summed E-state index contributed by atoms with van der Waals surface area (Å²) in [6, 6.07) is 0. The lowest BCUT2D eigenvalue weighted by atomic mass is 9.92. The van der Waals surface area contributed by atoms with Crippen LogP contribution in [0.15, 0.2) is 0 Å². The molecule has 0 saturated carbocycles. The van der Waals surface area contributed by atoms with Gasteiger partial charge < -0.3 is 5.32 Å². The fourth-order valence-corrected chi connectivity index (χ4v) is 1.76. The smallest absolute Gasteiger partial charge is 0.132 e. The minimum Gasteiger partial charge on any atom is -0.373 e. The fraction of sp³-hybridized carbons (Fsp3) is 0.692. The van der Waals surface area contributed by atoms with E-state index >= 15 is 0 Å². The van der Waals surface area contributed by atoms with Crippen molar-refractivity contribution in [3.63, 3.8) is 0 Å². The Hall–Kier alpha value is -1.12. The molecular formula is C13H23N3. The van der Waals surface area contributed by atoms with E-state index in [0.29, 0.717) is 0 Å². The number of hydrogen-bond acceptors (Lipinski definition) is 3. The first-order valence-corrected chi connectivity index (χ1v) is 5.91. The minimum atomic E-state index is 0.227. The Morgan fingerprint density at radius 1 is 1.19 bits per heavy atom. The van der Waals surface area contributed by atoms with Gasteiger partial charge in [-0.1, -0.05) is 27.7 Å². The van der Waals surface area contributed by atoms with Crippen molar-refractivity contribution in [1.29, 1.82) is 0 Å². The van der Waals surface area contributed by atoms with Gasteiger partial charge in [0.05, 0.1) is 0 Å². The standard InChI is InChI=1S/C13H23N3/c1-7-10-9(2)12(14-6)16-11(15-10)8-13(3,4)5/h7-8H2,1-6H3,(H,14,15,16). The lowest BCUT2D eigenvalue weighted by molar-refractivity contribution is 0.400. The van der Waals surface area contributed by atoms with Crippen LogP contribution in [-0.4, -0.2) is 17.0 Å². The van der Waals surface area contributed by atoms with E-state index in [1.54, 1.807) is 0 Å². The first-order chi connectivity index (χ1) is 7.37. The summed E-state index contributed by atoms with van der Waals surface area (Å²) >= 11 is 0. The predicted octanol–water partition coefficient (Wildman–Crippen LogP) is 2.98. The van der Waals surface area contributed by atoms with Gasteiger partial charge >= 0.3 is 0 Å². The van der Waals surface area contributed by atoms with E-state index in [-0.39, 0.29) is 5.41 Å². The molecule has 1 aromatic rings. The highest BCUT2D eigenvalue weighted by Gasteiger charge is 2.16. The molecule has 0 aliphatic rings. The Labute approximate surface area is 98.7 Å². The van der Waals surface area contributed by atoms with E-state index in [0.717, 1.165) is 30.2 Å². The Balaban J connectivity index is 3.12. The summed E-state index contributed by atoms with van der Waals surface area (Å²) in [5.41, 5.74) is 2.55. The van der Waals surface area contributed by atoms with Crippen LogP contribution in [-0.2, 0) is 12.8 Å². The van der Waals surface area contributed by atoms with Crippen LogP contribution in [0.25, 0.3) is 0 Å². The molecule has 0 fully saturated rings. The van der Waals surface area contributed by atoms with Crippen LogP contribution in [0.2, 0.25) is 0 Å². The SMILES string of the molecule is CCc1nc(CC(C)(C)C)nc(NC)c1C. The molecular weight excluding hydrogens is 198 g/mol. The molecule has 16 heavy (non-hydrogen) atoms. The third-order valence-corrected chi connectivity index (χ3v) is 2.55. The van der Waals surface area contributed by atoms with Gasteiger partial charge in [-0.25, -0.2) is 9.97 Å². The van der Waals surface area contributed by atoms with Crippen molar-refractivity contribution in [2.45, 2.75) is 47.5 Å². The van der Waals surface area contributed by atoms with Crippen LogP contribution in [0, 0.1) is 12.3 Å². The first kappa shape index (κ1) is 12.9. The van der Waals surface area contributed by atoms with Crippen LogP contribution in [0.3, 0.4) is 0 Å². The first-order valence-electron chi connectivity index (χ1n) is 5.91. The third kappa shape index (κ3) is 3.19. The molecule has 0 bridgehead atoms. The van der Waals surface area contributed by atoms with Crippen LogP contribution in [0.1, 0.15) is 44.8 Å². The maximum absolute atomic E-state index is 4.63. The zero-order valence-corrected chi connectivity index (χ0v) is 11.3. The second-order valence-corrected chi connectivity index (χ2v) is 5.40. The van der Waals surface area contributed by atoms with Gasteiger partial charge in [0.1, 0.15) is 11.6 Å². The number of rotatable bonds is 3. The maximum atomic E-state index is 4.63. The Morgan fingerprint density at radius 3 is 2.25 bits per heavy atom. The van der Waals surface area contributed by atoms with Gasteiger partial charge in [-0.2, -0.15) is 0 Å². The van der Waals surface area contributed by atoms with Crippen molar-refractivity contribution in [1.82, 2.24) is 9.97 Å². The van der Waals surface area contributed by atoms with Crippen molar-refractivity contribution >= 4 is 5.82 Å². The molecule has 90 valence electrons. The van der Waals surface area contributed by atoms with Crippen molar-refractivity contribution in [3.8, 4) is 0 Å². The number of nitrogens with zero attached hydrogens (tertiary/aromatic N) is 2. The highest BCUT2D eigenvalue weighted by Crippen LogP contribution is 2.22. The molecule has 0 saturated heterocycles. The molecule has 0 radical (unpaired) electrons. The lowest BCUT2D eigenvalue weighted by Gasteiger charge is -2.18. The molecule has 1 rings (SSSR count). The molecule has 0 spiro atoms. The van der Waals surface area contributed by atoms with Gasteiger partial charge in [-0.3, -0.25) is 0 Å². The number of aromatic nitrogens is 2. The summed E-state index contributed by atoms with van der Waals surface area (Å²) in [6.45, 7) is 10.8. The summed E-state index contributed by atoms with van der Waals surface area (Å²) in [4.78, 5) is 9.20. The van der Waals surface area contributed by atoms with Gasteiger partial charge in [0.2, 0.25) is 0 Å². The van der Waals surface area contributed by atoms with Crippen molar-refractivity contribution in [3.05, 3.63) is 17.1 Å². The molecule has 0 aliphatic carbocycles. The van der Waals surface area contributed by atoms with Crippen LogP contribution in [0.4, 0.5) is 5.82 Å². The number of hydrogen-bond donors (Lipinski definition) is 1. The van der Waals surface area contributed by atoms with Crippen LogP contribution < -0.4 is 5.32 Å². The van der Waals surface area contributed by atoms with E-state index in [9.17, 15) is 0 Å². The molecule has 3 nitrogen and oxygen atoms in total. The molecule has 0 aromatic carbocycles. The van der Waals surface area contributed by atoms with E-state index in [1.807, 2.05) is 7.05 Å². The summed E-state index contributed by atoms with van der Waals surface area (Å²) in [5.74, 6) is 1.91. The Bertz CT molecular complexity index is 339. The molecule has 1 aromatic heterocycles. The molecule has 3 heteroatoms. The number of anilines is 1. The zero-order chi connectivity index (χ0) is 12.3. The van der Waals surface area contributed by atoms with Crippen LogP contribution in [0.5, 0.6) is 0 Å². The third-order valence-electron chi connectivity index (χ3n) is 2.55. The van der Waals surface area contributed by atoms with Crippen molar-refractivity contribution < 1.29 is 0 Å². The van der Waals surface area contributed by atoms with Gasteiger partial charge in [0, 0.05) is 24.7 Å². The Morgan fingerprint density at radius 2 is 1.81 bits per heavy atom. The Kier molecular flexibility index (Phi) is 3.89. The molecule has 1 N–H and O–H groups in total. The van der Waals surface area contributed by atoms with Gasteiger partial charge in [0.15, 0.2) is 0 Å². The van der Waals surface area contributed by atoms with Gasteiger partial charge in [0.25, 0.3) is 0 Å². The van der Waals surface area contributed by atoms with Crippen LogP contribution >= 0.6 is 0 Å². The topological polar surface area (TPSA) is 37.8 Å². The second-order valence-electron chi connectivity index (χ2n) is 5.40. The fourth-order valence-electron chi connectivity index (χ4n) is 1.76. The van der Waals surface area contributed by atoms with Crippen molar-refractivity contribution in [2.75, 3.05) is 12.4 Å². The quantitative estimate of drug-likeness (QED) is 0.852. The molecule has 0 unspecified atom stereocenters. The van der Waals surface area contributed by atoms with E-state index in [2.05, 4.69) is 49.9 Å². The summed E-state index contributed by atoms with van der Waals surface area (Å²) in [5, 5.41) is 3.15. The molecule has 1 heterocycles. The average Bonchev–Trinajstić information content (AvgIpc) is 2.18.